The van der Waals surface area contributed by atoms with Gasteiger partial charge in [0, 0.05) is 30.2 Å². The molecule has 1 heterocycles. The molecule has 31 heavy (non-hydrogen) atoms. The lowest BCUT2D eigenvalue weighted by Crippen LogP contribution is -2.42. The largest absolute Gasteiger partial charge is 0.370 e. The summed E-state index contributed by atoms with van der Waals surface area (Å²) in [6, 6.07) is 14.9. The number of carbonyl (C=O) groups is 3. The summed E-state index contributed by atoms with van der Waals surface area (Å²) >= 11 is 6.02. The van der Waals surface area contributed by atoms with E-state index in [0.29, 0.717) is 42.4 Å². The average molecular weight is 444 g/mol. The predicted octanol–water partition coefficient (Wildman–Crippen LogP) is 3.08. The van der Waals surface area contributed by atoms with Crippen molar-refractivity contribution in [2.45, 2.75) is 25.9 Å². The molecule has 0 aliphatic carbocycles. The number of benzene rings is 2. The molecule has 0 aromatic heterocycles. The van der Waals surface area contributed by atoms with Gasteiger partial charge in [-0.05, 0) is 36.6 Å². The van der Waals surface area contributed by atoms with Gasteiger partial charge in [0.15, 0.2) is 0 Å². The Balaban J connectivity index is 1.39. The molecular formula is C23H26ClN3O4. The fourth-order valence-electron chi connectivity index (χ4n) is 3.35. The molecular weight excluding hydrogens is 418 g/mol. The summed E-state index contributed by atoms with van der Waals surface area (Å²) < 4.78 is 5.79. The number of hydrogen-bond acceptors (Lipinski definition) is 4. The van der Waals surface area contributed by atoms with Gasteiger partial charge >= 0.3 is 11.8 Å². The van der Waals surface area contributed by atoms with E-state index in [1.807, 2.05) is 30.3 Å². The Morgan fingerprint density at radius 1 is 1.10 bits per heavy atom. The molecule has 3 rings (SSSR count). The first-order valence-electron chi connectivity index (χ1n) is 10.2. The zero-order chi connectivity index (χ0) is 22.2. The van der Waals surface area contributed by atoms with Crippen LogP contribution in [-0.4, -0.2) is 48.9 Å². The molecule has 1 aliphatic heterocycles. The van der Waals surface area contributed by atoms with E-state index >= 15 is 0 Å². The van der Waals surface area contributed by atoms with E-state index in [1.165, 1.54) is 0 Å². The summed E-state index contributed by atoms with van der Waals surface area (Å²) in [6.07, 6.45) is 0.607. The Hall–Kier alpha value is -2.90. The van der Waals surface area contributed by atoms with Crippen molar-refractivity contribution < 1.29 is 19.1 Å². The van der Waals surface area contributed by atoms with Crippen LogP contribution in [-0.2, 0) is 19.1 Å². The number of nitrogens with one attached hydrogen (secondary N) is 2. The monoisotopic (exact) mass is 443 g/mol. The maximum Gasteiger partial charge on any atom is 0.313 e. The van der Waals surface area contributed by atoms with Crippen molar-refractivity contribution >= 4 is 35.0 Å². The number of hydrogen-bond donors (Lipinski definition) is 2. The van der Waals surface area contributed by atoms with Gasteiger partial charge in [0.2, 0.25) is 5.91 Å². The molecule has 2 aromatic rings. The lowest BCUT2D eigenvalue weighted by Gasteiger charge is -2.33. The first-order valence-corrected chi connectivity index (χ1v) is 10.6. The standard InChI is InChI=1S/C23H26ClN3O4/c1-16-18(24)9-5-10-19(16)26-23(30)22(29)25-12-6-11-21(28)27-13-14-31-20(15-27)17-7-3-2-4-8-17/h2-5,7-10,20H,6,11-15H2,1H3,(H,25,29)(H,26,30). The van der Waals surface area contributed by atoms with E-state index < -0.39 is 11.8 Å². The van der Waals surface area contributed by atoms with Crippen molar-refractivity contribution in [1.82, 2.24) is 10.2 Å². The van der Waals surface area contributed by atoms with E-state index in [0.717, 1.165) is 5.56 Å². The summed E-state index contributed by atoms with van der Waals surface area (Å²) in [7, 11) is 0. The minimum atomic E-state index is -0.768. The Morgan fingerprint density at radius 3 is 2.65 bits per heavy atom. The average Bonchev–Trinajstić information content (AvgIpc) is 2.80. The van der Waals surface area contributed by atoms with Crippen LogP contribution in [0.1, 0.15) is 30.1 Å². The molecule has 2 N–H and O–H groups in total. The molecule has 0 radical (unpaired) electrons. The lowest BCUT2D eigenvalue weighted by atomic mass is 10.1. The molecule has 1 saturated heterocycles. The maximum absolute atomic E-state index is 12.5. The van der Waals surface area contributed by atoms with Crippen LogP contribution in [0.2, 0.25) is 5.02 Å². The molecule has 1 fully saturated rings. The summed E-state index contributed by atoms with van der Waals surface area (Å²) in [6.45, 7) is 3.55. The zero-order valence-electron chi connectivity index (χ0n) is 17.4. The highest BCUT2D eigenvalue weighted by molar-refractivity contribution is 6.40. The summed E-state index contributed by atoms with van der Waals surface area (Å²) in [5, 5.41) is 5.61. The number of halogens is 1. The lowest BCUT2D eigenvalue weighted by molar-refractivity contribution is -0.139. The molecule has 164 valence electrons. The van der Waals surface area contributed by atoms with Gasteiger partial charge in [-0.1, -0.05) is 48.0 Å². The van der Waals surface area contributed by atoms with Crippen molar-refractivity contribution in [2.75, 3.05) is 31.6 Å². The van der Waals surface area contributed by atoms with E-state index in [9.17, 15) is 14.4 Å². The summed E-state index contributed by atoms with van der Waals surface area (Å²) in [4.78, 5) is 38.4. The van der Waals surface area contributed by atoms with Crippen LogP contribution in [0.5, 0.6) is 0 Å². The van der Waals surface area contributed by atoms with Crippen LogP contribution in [0, 0.1) is 6.92 Å². The maximum atomic E-state index is 12.5. The SMILES string of the molecule is Cc1c(Cl)cccc1NC(=O)C(=O)NCCCC(=O)N1CCOC(c2ccccc2)C1. The smallest absolute Gasteiger partial charge is 0.313 e. The molecule has 1 unspecified atom stereocenters. The second-order valence-corrected chi connectivity index (χ2v) is 7.74. The van der Waals surface area contributed by atoms with Gasteiger partial charge in [-0.2, -0.15) is 0 Å². The summed E-state index contributed by atoms with van der Waals surface area (Å²) in [5.74, 6) is -1.50. The zero-order valence-corrected chi connectivity index (χ0v) is 18.2. The van der Waals surface area contributed by atoms with Crippen LogP contribution in [0.3, 0.4) is 0 Å². The second-order valence-electron chi connectivity index (χ2n) is 7.34. The van der Waals surface area contributed by atoms with Crippen LogP contribution in [0.4, 0.5) is 5.69 Å². The van der Waals surface area contributed by atoms with E-state index in [1.54, 1.807) is 30.0 Å². The molecule has 1 aliphatic rings. The number of nitrogens with zero attached hydrogens (tertiary/aromatic N) is 1. The van der Waals surface area contributed by atoms with Crippen molar-refractivity contribution in [3.8, 4) is 0 Å². The topological polar surface area (TPSA) is 87.7 Å². The number of rotatable bonds is 6. The first-order chi connectivity index (χ1) is 15.0. The van der Waals surface area contributed by atoms with E-state index in [4.69, 9.17) is 16.3 Å². The normalized spacial score (nSPS) is 15.9. The highest BCUT2D eigenvalue weighted by atomic mass is 35.5. The molecule has 2 aromatic carbocycles. The molecule has 0 spiro atoms. The van der Waals surface area contributed by atoms with Gasteiger partial charge in [-0.15, -0.1) is 0 Å². The molecule has 8 heteroatoms. The highest BCUT2D eigenvalue weighted by Crippen LogP contribution is 2.23. The van der Waals surface area contributed by atoms with E-state index in [2.05, 4.69) is 10.6 Å². The van der Waals surface area contributed by atoms with Gasteiger partial charge in [0.05, 0.1) is 13.2 Å². The van der Waals surface area contributed by atoms with E-state index in [-0.39, 0.29) is 25.0 Å². The van der Waals surface area contributed by atoms with Gasteiger partial charge in [0.25, 0.3) is 0 Å². The number of anilines is 1. The number of carbonyl (C=O) groups excluding carboxylic acids is 3. The third-order valence-corrected chi connectivity index (χ3v) is 5.58. The fraction of sp³-hybridized carbons (Fsp3) is 0.348. The molecule has 7 nitrogen and oxygen atoms in total. The van der Waals surface area contributed by atoms with Gasteiger partial charge in [-0.3, -0.25) is 14.4 Å². The molecule has 1 atom stereocenters. The van der Waals surface area contributed by atoms with Gasteiger partial charge < -0.3 is 20.3 Å². The third kappa shape index (κ3) is 6.29. The highest BCUT2D eigenvalue weighted by Gasteiger charge is 2.25. The molecule has 0 bridgehead atoms. The number of amides is 3. The van der Waals surface area contributed by atoms with Crippen LogP contribution in [0.25, 0.3) is 0 Å². The Kier molecular flexibility index (Phi) is 8.03. The van der Waals surface area contributed by atoms with Gasteiger partial charge in [0.1, 0.15) is 6.10 Å². The van der Waals surface area contributed by atoms with Crippen molar-refractivity contribution in [1.29, 1.82) is 0 Å². The predicted molar refractivity (Wildman–Crippen MR) is 119 cm³/mol. The van der Waals surface area contributed by atoms with Gasteiger partial charge in [-0.25, -0.2) is 0 Å². The molecule has 3 amide bonds. The number of ether oxygens (including phenoxy) is 1. The first kappa shape index (κ1) is 22.8. The number of morpholine rings is 1. The second kappa shape index (κ2) is 10.9. The quantitative estimate of drug-likeness (QED) is 0.530. The van der Waals surface area contributed by atoms with Crippen molar-refractivity contribution in [3.05, 3.63) is 64.7 Å². The minimum Gasteiger partial charge on any atom is -0.370 e. The van der Waals surface area contributed by atoms with Crippen LogP contribution >= 0.6 is 11.6 Å². The summed E-state index contributed by atoms with van der Waals surface area (Å²) in [5.41, 5.74) is 2.23. The third-order valence-electron chi connectivity index (χ3n) is 5.17. The van der Waals surface area contributed by atoms with Crippen LogP contribution < -0.4 is 10.6 Å². The Bertz CT molecular complexity index is 936. The Labute approximate surface area is 186 Å². The minimum absolute atomic E-state index is 0.0116. The van der Waals surface area contributed by atoms with Crippen LogP contribution in [0.15, 0.2) is 48.5 Å². The van der Waals surface area contributed by atoms with Crippen molar-refractivity contribution in [2.24, 2.45) is 0 Å². The molecule has 0 saturated carbocycles. The fourth-order valence-corrected chi connectivity index (χ4v) is 3.52. The van der Waals surface area contributed by atoms with Crippen molar-refractivity contribution in [3.63, 3.8) is 0 Å². The Morgan fingerprint density at radius 2 is 1.87 bits per heavy atom.